The summed E-state index contributed by atoms with van der Waals surface area (Å²) in [6.45, 7) is 17.5. The number of carbonyl (C=O) groups is 3. The molecule has 3 aromatic heterocycles. The number of ether oxygens (including phenoxy) is 6. The van der Waals surface area contributed by atoms with E-state index in [0.717, 1.165) is 101 Å². The molecule has 0 bridgehead atoms. The maximum Gasteiger partial charge on any atom is 0.320 e. The summed E-state index contributed by atoms with van der Waals surface area (Å²) < 4.78 is 80.0. The molecule has 0 radical (unpaired) electrons. The molecule has 0 saturated heterocycles. The smallest absolute Gasteiger partial charge is 0.320 e. The van der Waals surface area contributed by atoms with E-state index < -0.39 is 53.9 Å². The lowest BCUT2D eigenvalue weighted by atomic mass is 10.1. The normalized spacial score (nSPS) is 11.8. The van der Waals surface area contributed by atoms with Crippen molar-refractivity contribution in [2.75, 3.05) is 19.6 Å². The molecule has 123 heavy (non-hydrogen) atoms. The zero-order valence-corrected chi connectivity index (χ0v) is 70.3. The number of para-hydroxylation sites is 3. The van der Waals surface area contributed by atoms with E-state index >= 15 is 0 Å². The largest absolute Gasteiger partial charge is 0.489 e. The van der Waals surface area contributed by atoms with Crippen molar-refractivity contribution in [3.05, 3.63) is 373 Å². The summed E-state index contributed by atoms with van der Waals surface area (Å²) >= 11 is 0. The maximum absolute atomic E-state index is 14.9. The van der Waals surface area contributed by atoms with Gasteiger partial charge in [0.05, 0.1) is 6.20 Å². The molecule has 642 valence electrons. The summed E-state index contributed by atoms with van der Waals surface area (Å²) in [4.78, 5) is 51.8. The third kappa shape index (κ3) is 31.0. The average molecular weight is 1670 g/mol. The SMILES string of the molecule is Cc1cccc(COc2ccccc2CN(CC[C@H](N)C(=O)O)Cc2cc(F)ncc2OCc2cccc(C)c2)c1.Cc1cccc(COc2ccccc2CN(CC[C@H](N)C(=O)O)Cc2ccnc(F)c2OCc2cccc(C)c2)c1.Cc1cccc(COc2ccccc2CN(CC[C@H](N)C(=O)O)Cc2cnc(F)cc2OCc2cccc(C)c2)c1. The molecule has 12 aromatic rings. The molecular formula is C99H108F3N9O12. The molecule has 0 aliphatic heterocycles. The van der Waals surface area contributed by atoms with Crippen molar-refractivity contribution in [1.82, 2.24) is 29.7 Å². The van der Waals surface area contributed by atoms with Crippen molar-refractivity contribution in [2.45, 2.75) is 158 Å². The number of carboxylic acids is 3. The van der Waals surface area contributed by atoms with Crippen molar-refractivity contribution >= 4 is 17.9 Å². The van der Waals surface area contributed by atoms with Crippen molar-refractivity contribution < 1.29 is 71.3 Å². The van der Waals surface area contributed by atoms with Crippen LogP contribution in [0.4, 0.5) is 13.2 Å². The van der Waals surface area contributed by atoms with Gasteiger partial charge in [-0.3, -0.25) is 29.1 Å². The highest BCUT2D eigenvalue weighted by Gasteiger charge is 2.24. The third-order valence-electron chi connectivity index (χ3n) is 20.1. The van der Waals surface area contributed by atoms with Gasteiger partial charge in [0.2, 0.25) is 11.9 Å². The minimum absolute atomic E-state index is 0.0746. The standard InChI is InChI=1S/3C33H36FN3O4/c1-23-7-5-9-25(17-23)21-40-30-12-4-3-11-27(30)19-37(16-14-29(35)33(38)39)20-28-13-15-36-32(34)31(28)41-22-26-10-6-8-24(2)18-26;1-23-7-5-9-25(15-23)21-40-30-12-4-3-11-27(30)19-37(14-13-29(35)33(38)39)20-28-18-36-32(34)17-31(28)41-22-26-10-6-8-24(2)16-26;1-23-7-5-9-25(15-23)21-40-30-12-4-3-11-27(30)19-37(14-13-29(35)33(38)39)20-28-17-32(34)36-18-31(28)41-22-26-10-6-8-24(2)16-26/h3-13,15,17-18,29H,14,16,19-22,35H2,1-2H3,(H,38,39);2*3-12,15-18,29H,13-14,19-22,35H2,1-2H3,(H,38,39)/t3*29-/m000/s1. The van der Waals surface area contributed by atoms with Crippen LogP contribution in [0.5, 0.6) is 34.5 Å². The van der Waals surface area contributed by atoms with Gasteiger partial charge in [-0.05, 0) is 118 Å². The molecule has 9 aromatic carbocycles. The first-order chi connectivity index (χ1) is 59.3. The number of benzene rings is 9. The van der Waals surface area contributed by atoms with Crippen LogP contribution in [0.3, 0.4) is 0 Å². The number of rotatable bonds is 42. The Kier molecular flexibility index (Phi) is 35.6. The summed E-state index contributed by atoms with van der Waals surface area (Å²) in [7, 11) is 0. The van der Waals surface area contributed by atoms with Crippen LogP contribution in [0.15, 0.2) is 255 Å². The lowest BCUT2D eigenvalue weighted by Gasteiger charge is -2.25. The monoisotopic (exact) mass is 1670 g/mol. The Labute approximate surface area is 717 Å². The number of nitrogens with zero attached hydrogens (tertiary/aromatic N) is 6. The number of carboxylic acid groups (broad SMARTS) is 3. The summed E-state index contributed by atoms with van der Waals surface area (Å²) in [6, 6.07) is 72.7. The van der Waals surface area contributed by atoms with Gasteiger partial charge in [0.15, 0.2) is 5.75 Å². The van der Waals surface area contributed by atoms with Crippen molar-refractivity contribution in [3.63, 3.8) is 0 Å². The highest BCUT2D eigenvalue weighted by Crippen LogP contribution is 2.32. The molecule has 0 aliphatic rings. The fourth-order valence-electron chi connectivity index (χ4n) is 13.7. The second-order valence-electron chi connectivity index (χ2n) is 30.6. The molecule has 0 spiro atoms. The molecule has 0 saturated carbocycles. The lowest BCUT2D eigenvalue weighted by Crippen LogP contribution is -2.35. The van der Waals surface area contributed by atoms with E-state index in [9.17, 15) is 42.9 Å². The molecule has 3 atom stereocenters. The van der Waals surface area contributed by atoms with Gasteiger partial charge < -0.3 is 60.9 Å². The van der Waals surface area contributed by atoms with E-state index in [1.807, 2.05) is 256 Å². The van der Waals surface area contributed by atoms with E-state index in [-0.39, 0.29) is 38.2 Å². The first-order valence-corrected chi connectivity index (χ1v) is 40.7. The highest BCUT2D eigenvalue weighted by atomic mass is 19.1. The third-order valence-corrected chi connectivity index (χ3v) is 20.1. The van der Waals surface area contributed by atoms with Crippen LogP contribution < -0.4 is 45.6 Å². The predicted molar refractivity (Wildman–Crippen MR) is 468 cm³/mol. The van der Waals surface area contributed by atoms with Crippen LogP contribution in [0.2, 0.25) is 0 Å². The van der Waals surface area contributed by atoms with Gasteiger partial charge in [-0.2, -0.15) is 13.2 Å². The van der Waals surface area contributed by atoms with E-state index in [0.29, 0.717) is 114 Å². The zero-order valence-electron chi connectivity index (χ0n) is 70.3. The topological polar surface area (TPSA) is 294 Å². The number of hydrogen-bond acceptors (Lipinski definition) is 18. The van der Waals surface area contributed by atoms with Gasteiger partial charge in [-0.25, -0.2) is 15.0 Å². The Morgan fingerprint density at radius 3 is 0.959 bits per heavy atom. The van der Waals surface area contributed by atoms with E-state index in [4.69, 9.17) is 45.6 Å². The van der Waals surface area contributed by atoms with Crippen molar-refractivity contribution in [1.29, 1.82) is 0 Å². The van der Waals surface area contributed by atoms with E-state index in [2.05, 4.69) is 33.2 Å². The van der Waals surface area contributed by atoms with Gasteiger partial charge >= 0.3 is 17.9 Å². The quantitative estimate of drug-likeness (QED) is 0.0194. The number of aliphatic carboxylic acids is 3. The lowest BCUT2D eigenvalue weighted by molar-refractivity contribution is -0.139. The van der Waals surface area contributed by atoms with Crippen LogP contribution in [-0.2, 0) is 93.3 Å². The number of nitrogens with two attached hydrogens (primary N) is 3. The number of aromatic nitrogens is 3. The minimum Gasteiger partial charge on any atom is -0.489 e. The minimum atomic E-state index is -1.07. The fraction of sp³-hybridized carbons (Fsp3) is 0.273. The van der Waals surface area contributed by atoms with Crippen LogP contribution in [-0.4, -0.2) is 101 Å². The molecule has 0 fully saturated rings. The molecular weight excluding hydrogens is 1560 g/mol. The van der Waals surface area contributed by atoms with Crippen LogP contribution in [0, 0.1) is 59.4 Å². The Hall–Kier alpha value is -12.8. The molecule has 9 N–H and O–H groups in total. The predicted octanol–water partition coefficient (Wildman–Crippen LogP) is 17.4. The Morgan fingerprint density at radius 2 is 0.610 bits per heavy atom. The summed E-state index contributed by atoms with van der Waals surface area (Å²) in [5.41, 5.74) is 35.0. The van der Waals surface area contributed by atoms with Crippen LogP contribution >= 0.6 is 0 Å². The Balaban J connectivity index is 0.000000193. The molecule has 0 amide bonds. The molecule has 0 unspecified atom stereocenters. The number of hydrogen-bond donors (Lipinski definition) is 6. The fourth-order valence-corrected chi connectivity index (χ4v) is 13.7. The molecule has 12 rings (SSSR count). The van der Waals surface area contributed by atoms with Gasteiger partial charge in [0, 0.05) is 117 Å². The highest BCUT2D eigenvalue weighted by molar-refractivity contribution is 5.73. The molecule has 21 nitrogen and oxygen atoms in total. The summed E-state index contributed by atoms with van der Waals surface area (Å²) in [6.07, 6.45) is 4.93. The van der Waals surface area contributed by atoms with Crippen molar-refractivity contribution in [3.8, 4) is 34.5 Å². The number of halogens is 3. The zero-order chi connectivity index (χ0) is 87.6. The van der Waals surface area contributed by atoms with Gasteiger partial charge in [0.1, 0.15) is 86.5 Å². The van der Waals surface area contributed by atoms with Gasteiger partial charge in [0.25, 0.3) is 5.95 Å². The first-order valence-electron chi connectivity index (χ1n) is 40.7. The second kappa shape index (κ2) is 47.4. The number of aryl methyl sites for hydroxylation is 6. The molecule has 3 heterocycles. The van der Waals surface area contributed by atoms with Crippen LogP contribution in [0.1, 0.15) is 119 Å². The maximum atomic E-state index is 14.9. The van der Waals surface area contributed by atoms with E-state index in [1.54, 1.807) is 6.07 Å². The molecule has 0 aliphatic carbocycles. The Bertz CT molecular complexity index is 5310. The van der Waals surface area contributed by atoms with Gasteiger partial charge in [-0.15, -0.1) is 0 Å². The molecule has 24 heteroatoms. The first kappa shape index (κ1) is 92.5. The Morgan fingerprint density at radius 1 is 0.317 bits per heavy atom. The second-order valence-corrected chi connectivity index (χ2v) is 30.6. The van der Waals surface area contributed by atoms with Gasteiger partial charge in [-0.1, -0.05) is 234 Å². The average Bonchev–Trinajstić information content (AvgIpc) is 0.840. The van der Waals surface area contributed by atoms with Crippen LogP contribution in [0.25, 0.3) is 0 Å². The number of pyridine rings is 3. The summed E-state index contributed by atoms with van der Waals surface area (Å²) in [5.74, 6) is -2.05. The van der Waals surface area contributed by atoms with E-state index in [1.165, 1.54) is 30.7 Å². The van der Waals surface area contributed by atoms with Crippen molar-refractivity contribution in [2.24, 2.45) is 17.2 Å². The summed E-state index contributed by atoms with van der Waals surface area (Å²) in [5, 5.41) is 28.1.